The van der Waals surface area contributed by atoms with E-state index in [9.17, 15) is 4.79 Å². The van der Waals surface area contributed by atoms with Crippen molar-refractivity contribution in [2.24, 2.45) is 5.10 Å². The highest BCUT2D eigenvalue weighted by atomic mass is 79.9. The van der Waals surface area contributed by atoms with E-state index in [4.69, 9.17) is 9.15 Å². The minimum absolute atomic E-state index is 0.218. The average molecular weight is 465 g/mol. The number of amides is 1. The molecule has 0 radical (unpaired) electrons. The van der Waals surface area contributed by atoms with Gasteiger partial charge in [0.05, 0.1) is 24.2 Å². The van der Waals surface area contributed by atoms with Crippen molar-refractivity contribution in [1.29, 1.82) is 0 Å². The quantitative estimate of drug-likeness (QED) is 0.464. The SMILES string of the molecule is COc1ccc([C@H]2CC(c3nc4ccccc4[nH]3)=NN2C(=O)c2ccc(Br)o2)cc1. The van der Waals surface area contributed by atoms with Gasteiger partial charge in [0.2, 0.25) is 0 Å². The molecule has 0 aliphatic carbocycles. The van der Waals surface area contributed by atoms with Crippen molar-refractivity contribution in [2.75, 3.05) is 7.11 Å². The molecule has 8 heteroatoms. The Morgan fingerprint density at radius 1 is 1.17 bits per heavy atom. The molecule has 2 aromatic carbocycles. The second kappa shape index (κ2) is 7.46. The first kappa shape index (κ1) is 18.6. The van der Waals surface area contributed by atoms with E-state index in [-0.39, 0.29) is 17.7 Å². The van der Waals surface area contributed by atoms with Crippen molar-refractivity contribution in [2.45, 2.75) is 12.5 Å². The summed E-state index contributed by atoms with van der Waals surface area (Å²) in [5.74, 6) is 1.32. The smallest absolute Gasteiger partial charge is 0.310 e. The highest BCUT2D eigenvalue weighted by molar-refractivity contribution is 9.10. The number of hydrogen-bond donors (Lipinski definition) is 1. The number of benzene rings is 2. The molecule has 3 heterocycles. The van der Waals surface area contributed by atoms with Crippen LogP contribution in [0.4, 0.5) is 0 Å². The molecule has 30 heavy (non-hydrogen) atoms. The van der Waals surface area contributed by atoms with Gasteiger partial charge in [0.1, 0.15) is 11.5 Å². The van der Waals surface area contributed by atoms with E-state index in [1.807, 2.05) is 48.5 Å². The number of aromatic nitrogens is 2. The summed E-state index contributed by atoms with van der Waals surface area (Å²) in [6.45, 7) is 0. The van der Waals surface area contributed by atoms with Gasteiger partial charge < -0.3 is 14.1 Å². The summed E-state index contributed by atoms with van der Waals surface area (Å²) in [7, 11) is 1.62. The number of fused-ring (bicyclic) bond motifs is 1. The van der Waals surface area contributed by atoms with Gasteiger partial charge in [-0.25, -0.2) is 9.99 Å². The number of aromatic amines is 1. The van der Waals surface area contributed by atoms with E-state index in [0.29, 0.717) is 22.6 Å². The Bertz CT molecular complexity index is 1230. The third kappa shape index (κ3) is 3.29. The Hall–Kier alpha value is -3.39. The number of ether oxygens (including phenoxy) is 1. The molecule has 7 nitrogen and oxygen atoms in total. The Morgan fingerprint density at radius 3 is 2.67 bits per heavy atom. The fourth-order valence-electron chi connectivity index (χ4n) is 3.56. The van der Waals surface area contributed by atoms with Gasteiger partial charge >= 0.3 is 5.91 Å². The summed E-state index contributed by atoms with van der Waals surface area (Å²) in [5.41, 5.74) is 3.45. The van der Waals surface area contributed by atoms with E-state index in [2.05, 4.69) is 31.0 Å². The number of rotatable bonds is 4. The Labute approximate surface area is 180 Å². The molecule has 0 saturated carbocycles. The Morgan fingerprint density at radius 2 is 1.97 bits per heavy atom. The first-order valence-corrected chi connectivity index (χ1v) is 10.2. The third-order valence-electron chi connectivity index (χ3n) is 5.07. The lowest BCUT2D eigenvalue weighted by atomic mass is 10.0. The number of para-hydroxylation sites is 2. The lowest BCUT2D eigenvalue weighted by molar-refractivity contribution is 0.0677. The zero-order valence-electron chi connectivity index (χ0n) is 16.0. The van der Waals surface area contributed by atoms with Gasteiger partial charge in [-0.2, -0.15) is 5.10 Å². The molecular weight excluding hydrogens is 448 g/mol. The number of nitrogens with zero attached hydrogens (tertiary/aromatic N) is 3. The molecule has 0 fully saturated rings. The van der Waals surface area contributed by atoms with Gasteiger partial charge in [0.25, 0.3) is 0 Å². The highest BCUT2D eigenvalue weighted by Gasteiger charge is 2.36. The van der Waals surface area contributed by atoms with E-state index in [1.165, 1.54) is 5.01 Å². The van der Waals surface area contributed by atoms with Crippen molar-refractivity contribution in [3.8, 4) is 5.75 Å². The van der Waals surface area contributed by atoms with Crippen molar-refractivity contribution in [3.05, 3.63) is 82.5 Å². The minimum Gasteiger partial charge on any atom is -0.497 e. The number of carbonyl (C=O) groups excluding carboxylic acids is 1. The van der Waals surface area contributed by atoms with Gasteiger partial charge in [-0.1, -0.05) is 24.3 Å². The second-order valence-corrected chi connectivity index (χ2v) is 7.68. The topological polar surface area (TPSA) is 83.7 Å². The number of furan rings is 1. The van der Waals surface area contributed by atoms with Crippen LogP contribution in [-0.2, 0) is 0 Å². The summed E-state index contributed by atoms with van der Waals surface area (Å²) < 4.78 is 11.2. The molecule has 0 unspecified atom stereocenters. The predicted molar refractivity (Wildman–Crippen MR) is 116 cm³/mol. The molecule has 0 saturated heterocycles. The lowest BCUT2D eigenvalue weighted by Gasteiger charge is -2.21. The maximum Gasteiger partial charge on any atom is 0.310 e. The molecule has 0 bridgehead atoms. The third-order valence-corrected chi connectivity index (χ3v) is 5.49. The van der Waals surface area contributed by atoms with Crippen LogP contribution in [0.2, 0.25) is 0 Å². The lowest BCUT2D eigenvalue weighted by Crippen LogP contribution is -2.26. The molecule has 0 spiro atoms. The summed E-state index contributed by atoms with van der Waals surface area (Å²) in [4.78, 5) is 21.1. The number of methoxy groups -OCH3 is 1. The highest BCUT2D eigenvalue weighted by Crippen LogP contribution is 2.35. The number of imidazole rings is 1. The van der Waals surface area contributed by atoms with Crippen molar-refractivity contribution < 1.29 is 13.9 Å². The first-order valence-electron chi connectivity index (χ1n) is 9.38. The fraction of sp³-hybridized carbons (Fsp3) is 0.136. The van der Waals surface area contributed by atoms with Gasteiger partial charge in [0.15, 0.2) is 16.3 Å². The first-order chi connectivity index (χ1) is 14.6. The Kier molecular flexibility index (Phi) is 4.63. The summed E-state index contributed by atoms with van der Waals surface area (Å²) in [6, 6.07) is 18.5. The van der Waals surface area contributed by atoms with Crippen LogP contribution in [0.25, 0.3) is 11.0 Å². The fourth-order valence-corrected chi connectivity index (χ4v) is 3.86. The standard InChI is InChI=1S/C22H17BrN4O3/c1-29-14-8-6-13(7-9-14)18-12-17(21-24-15-4-2-3-5-16(15)25-21)26-27(18)22(28)19-10-11-20(23)30-19/h2-11,18H,12H2,1H3,(H,24,25)/t18-/m1/s1. The van der Waals surface area contributed by atoms with Crippen LogP contribution >= 0.6 is 15.9 Å². The molecule has 1 N–H and O–H groups in total. The van der Waals surface area contributed by atoms with Crippen LogP contribution in [0.3, 0.4) is 0 Å². The number of H-pyrrole nitrogens is 1. The number of nitrogens with one attached hydrogen (secondary N) is 1. The van der Waals surface area contributed by atoms with Gasteiger partial charge in [-0.05, 0) is 57.9 Å². The maximum atomic E-state index is 13.2. The Balaban J connectivity index is 1.54. The van der Waals surface area contributed by atoms with Gasteiger partial charge in [-0.15, -0.1) is 0 Å². The van der Waals surface area contributed by atoms with Crippen LogP contribution in [0.5, 0.6) is 5.75 Å². The monoisotopic (exact) mass is 464 g/mol. The van der Waals surface area contributed by atoms with Crippen LogP contribution in [0.15, 0.2) is 74.9 Å². The summed E-state index contributed by atoms with van der Waals surface area (Å²) in [5, 5.41) is 6.11. The van der Waals surface area contributed by atoms with E-state index in [1.54, 1.807) is 19.2 Å². The minimum atomic E-state index is -0.312. The molecule has 1 aliphatic rings. The van der Waals surface area contributed by atoms with E-state index in [0.717, 1.165) is 22.3 Å². The van der Waals surface area contributed by atoms with Crippen LogP contribution in [-0.4, -0.2) is 33.7 Å². The number of hydrogen-bond acceptors (Lipinski definition) is 5. The normalized spacial score (nSPS) is 16.1. The molecule has 150 valence electrons. The molecule has 1 atom stereocenters. The van der Waals surface area contributed by atoms with E-state index >= 15 is 0 Å². The predicted octanol–water partition coefficient (Wildman–Crippen LogP) is 4.92. The average Bonchev–Trinajstić information content (AvgIpc) is 3.50. The van der Waals surface area contributed by atoms with Crippen LogP contribution in [0.1, 0.15) is 34.4 Å². The molecule has 2 aromatic heterocycles. The van der Waals surface area contributed by atoms with E-state index < -0.39 is 0 Å². The summed E-state index contributed by atoms with van der Waals surface area (Å²) >= 11 is 3.25. The van der Waals surface area contributed by atoms with Gasteiger partial charge in [0, 0.05) is 6.42 Å². The number of carbonyl (C=O) groups is 1. The zero-order valence-corrected chi connectivity index (χ0v) is 17.6. The van der Waals surface area contributed by atoms with Crippen LogP contribution in [0, 0.1) is 0 Å². The molecule has 1 amide bonds. The number of hydrazone groups is 1. The maximum absolute atomic E-state index is 13.2. The largest absolute Gasteiger partial charge is 0.497 e. The zero-order chi connectivity index (χ0) is 20.7. The van der Waals surface area contributed by atoms with Crippen molar-refractivity contribution in [1.82, 2.24) is 15.0 Å². The molecule has 1 aliphatic heterocycles. The second-order valence-electron chi connectivity index (χ2n) is 6.90. The molecule has 5 rings (SSSR count). The molecule has 4 aromatic rings. The van der Waals surface area contributed by atoms with Crippen LogP contribution < -0.4 is 4.74 Å². The van der Waals surface area contributed by atoms with Gasteiger partial charge in [-0.3, -0.25) is 4.79 Å². The summed E-state index contributed by atoms with van der Waals surface area (Å²) in [6.07, 6.45) is 0.528. The van der Waals surface area contributed by atoms with Crippen molar-refractivity contribution >= 4 is 38.6 Å². The number of halogens is 1. The van der Waals surface area contributed by atoms with Crippen molar-refractivity contribution in [3.63, 3.8) is 0 Å². The molecular formula is C22H17BrN4O3.